The van der Waals surface area contributed by atoms with E-state index in [1.807, 2.05) is 68.5 Å². The van der Waals surface area contributed by atoms with Crippen LogP contribution < -0.4 is 4.72 Å². The van der Waals surface area contributed by atoms with Gasteiger partial charge in [-0.1, -0.05) is 73.5 Å². The molecule has 0 heterocycles. The fourth-order valence-electron chi connectivity index (χ4n) is 2.28. The van der Waals surface area contributed by atoms with Crippen molar-refractivity contribution in [2.24, 2.45) is 0 Å². The van der Waals surface area contributed by atoms with E-state index >= 15 is 0 Å². The van der Waals surface area contributed by atoms with Crippen LogP contribution in [0.5, 0.6) is 0 Å². The molecule has 0 aliphatic carbocycles. The van der Waals surface area contributed by atoms with Crippen LogP contribution in [0.2, 0.25) is 0 Å². The Bertz CT molecular complexity index is 735. The molecule has 122 valence electrons. The quantitative estimate of drug-likeness (QED) is 0.829. The van der Waals surface area contributed by atoms with Gasteiger partial charge in [0.2, 0.25) is 10.0 Å². The van der Waals surface area contributed by atoms with Crippen molar-refractivity contribution in [1.82, 2.24) is 4.72 Å². The van der Waals surface area contributed by atoms with Gasteiger partial charge in [0, 0.05) is 6.04 Å². The zero-order chi connectivity index (χ0) is 16.7. The van der Waals surface area contributed by atoms with Crippen molar-refractivity contribution < 1.29 is 8.42 Å². The summed E-state index contributed by atoms with van der Waals surface area (Å²) in [4.78, 5) is 0.303. The molecule has 0 fully saturated rings. The molecule has 1 N–H and O–H groups in total. The van der Waals surface area contributed by atoms with Crippen molar-refractivity contribution in [3.8, 4) is 0 Å². The molecule has 1 atom stereocenters. The molecular weight excluding hydrogens is 306 g/mol. The van der Waals surface area contributed by atoms with E-state index in [1.54, 1.807) is 12.1 Å². The molecule has 2 aromatic carbocycles. The first-order chi connectivity index (χ1) is 11.0. The highest BCUT2D eigenvalue weighted by molar-refractivity contribution is 7.89. The molecule has 0 unspecified atom stereocenters. The third-order valence-corrected chi connectivity index (χ3v) is 5.06. The normalized spacial score (nSPS) is 13.3. The van der Waals surface area contributed by atoms with E-state index in [1.165, 1.54) is 0 Å². The van der Waals surface area contributed by atoms with Gasteiger partial charge in [0.1, 0.15) is 0 Å². The predicted octanol–water partition coefficient (Wildman–Crippen LogP) is 4.16. The summed E-state index contributed by atoms with van der Waals surface area (Å²) in [6.45, 7) is 3.98. The van der Waals surface area contributed by atoms with Gasteiger partial charge >= 0.3 is 0 Å². The van der Waals surface area contributed by atoms with Crippen LogP contribution in [0.1, 0.15) is 30.9 Å². The number of hydrogen-bond acceptors (Lipinski definition) is 2. The summed E-state index contributed by atoms with van der Waals surface area (Å²) in [6.07, 6.45) is 5.54. The molecule has 3 nitrogen and oxygen atoms in total. The molecule has 2 aromatic rings. The largest absolute Gasteiger partial charge is 0.241 e. The molecule has 0 saturated heterocycles. The Morgan fingerprint density at radius 2 is 1.70 bits per heavy atom. The van der Waals surface area contributed by atoms with Crippen LogP contribution in [0.25, 0.3) is 6.08 Å². The van der Waals surface area contributed by atoms with E-state index in [2.05, 4.69) is 4.72 Å². The fourth-order valence-corrected chi connectivity index (χ4v) is 3.51. The van der Waals surface area contributed by atoms with Crippen molar-refractivity contribution in [2.45, 2.75) is 37.6 Å². The van der Waals surface area contributed by atoms with Crippen molar-refractivity contribution in [2.75, 3.05) is 0 Å². The number of nitrogens with one attached hydrogen (secondary N) is 1. The molecular formula is C19H23NO2S. The average Bonchev–Trinajstić information content (AvgIpc) is 2.54. The maximum Gasteiger partial charge on any atom is 0.241 e. The van der Waals surface area contributed by atoms with Crippen LogP contribution >= 0.6 is 0 Å². The fraction of sp³-hybridized carbons (Fsp3) is 0.263. The second-order valence-electron chi connectivity index (χ2n) is 5.60. The number of benzene rings is 2. The lowest BCUT2D eigenvalue weighted by Crippen LogP contribution is -2.33. The van der Waals surface area contributed by atoms with Crippen LogP contribution in [0.3, 0.4) is 0 Å². The van der Waals surface area contributed by atoms with Crippen LogP contribution in [-0.4, -0.2) is 14.5 Å². The van der Waals surface area contributed by atoms with Gasteiger partial charge in [0.25, 0.3) is 0 Å². The molecule has 0 amide bonds. The zero-order valence-corrected chi connectivity index (χ0v) is 14.4. The van der Waals surface area contributed by atoms with E-state index in [9.17, 15) is 8.42 Å². The zero-order valence-electron chi connectivity index (χ0n) is 13.6. The van der Waals surface area contributed by atoms with E-state index in [0.717, 1.165) is 24.0 Å². The first kappa shape index (κ1) is 17.4. The van der Waals surface area contributed by atoms with Gasteiger partial charge in [-0.05, 0) is 31.0 Å². The lowest BCUT2D eigenvalue weighted by atomic mass is 10.1. The Labute approximate surface area is 139 Å². The summed E-state index contributed by atoms with van der Waals surface area (Å²) in [5, 5.41) is 0. The molecule has 0 radical (unpaired) electrons. The van der Waals surface area contributed by atoms with E-state index in [4.69, 9.17) is 0 Å². The molecule has 4 heteroatoms. The van der Waals surface area contributed by atoms with Crippen LogP contribution in [0, 0.1) is 6.92 Å². The number of hydrogen-bond donors (Lipinski definition) is 1. The summed E-state index contributed by atoms with van der Waals surface area (Å²) < 4.78 is 27.8. The average molecular weight is 329 g/mol. The van der Waals surface area contributed by atoms with Crippen molar-refractivity contribution in [1.29, 1.82) is 0 Å². The van der Waals surface area contributed by atoms with Crippen LogP contribution in [0.4, 0.5) is 0 Å². The van der Waals surface area contributed by atoms with Gasteiger partial charge in [-0.15, -0.1) is 0 Å². The number of aryl methyl sites for hydroxylation is 1. The summed E-state index contributed by atoms with van der Waals surface area (Å²) in [5.74, 6) is 0. The van der Waals surface area contributed by atoms with E-state index in [0.29, 0.717) is 4.90 Å². The first-order valence-corrected chi connectivity index (χ1v) is 9.32. The highest BCUT2D eigenvalue weighted by Gasteiger charge is 2.17. The molecule has 2 rings (SSSR count). The molecule has 0 aliphatic heterocycles. The molecule has 0 aliphatic rings. The van der Waals surface area contributed by atoms with Crippen LogP contribution in [0.15, 0.2) is 65.6 Å². The summed E-state index contributed by atoms with van der Waals surface area (Å²) in [6, 6.07) is 16.6. The monoisotopic (exact) mass is 329 g/mol. The topological polar surface area (TPSA) is 46.2 Å². The standard InChI is InChI=1S/C19H23NO2S/c1-3-7-18(13-12-17-8-5-4-6-9-17)20-23(21,22)19-14-10-16(2)11-15-19/h4-6,8-15,18,20H,3,7H2,1-2H3/b13-12+/t18-/m0/s1. The second kappa shape index (κ2) is 8.09. The van der Waals surface area contributed by atoms with Gasteiger partial charge in [-0.2, -0.15) is 0 Å². The predicted molar refractivity (Wildman–Crippen MR) is 95.7 cm³/mol. The SMILES string of the molecule is CCC[C@@H](/C=C/c1ccccc1)NS(=O)(=O)c1ccc(C)cc1. The minimum atomic E-state index is -3.50. The summed E-state index contributed by atoms with van der Waals surface area (Å²) in [7, 11) is -3.50. The molecule has 0 bridgehead atoms. The summed E-state index contributed by atoms with van der Waals surface area (Å²) >= 11 is 0. The highest BCUT2D eigenvalue weighted by atomic mass is 32.2. The molecule has 0 aromatic heterocycles. The van der Waals surface area contributed by atoms with Gasteiger partial charge in [0.15, 0.2) is 0 Å². The Morgan fingerprint density at radius 3 is 2.30 bits per heavy atom. The third kappa shape index (κ3) is 5.34. The molecule has 0 spiro atoms. The summed E-state index contributed by atoms with van der Waals surface area (Å²) in [5.41, 5.74) is 2.10. The second-order valence-corrected chi connectivity index (χ2v) is 7.31. The maximum atomic E-state index is 12.5. The number of rotatable bonds is 7. The van der Waals surface area contributed by atoms with Crippen LogP contribution in [-0.2, 0) is 10.0 Å². The van der Waals surface area contributed by atoms with Gasteiger partial charge in [-0.25, -0.2) is 13.1 Å². The first-order valence-electron chi connectivity index (χ1n) is 7.83. The Balaban J connectivity index is 2.15. The maximum absolute atomic E-state index is 12.5. The van der Waals surface area contributed by atoms with Gasteiger partial charge in [-0.3, -0.25) is 0 Å². The Hall–Kier alpha value is -1.91. The Morgan fingerprint density at radius 1 is 1.04 bits per heavy atom. The van der Waals surface area contributed by atoms with Crippen molar-refractivity contribution in [3.05, 3.63) is 71.8 Å². The van der Waals surface area contributed by atoms with E-state index in [-0.39, 0.29) is 6.04 Å². The number of sulfonamides is 1. The third-order valence-electron chi connectivity index (χ3n) is 3.56. The Kier molecular flexibility index (Phi) is 6.13. The van der Waals surface area contributed by atoms with E-state index < -0.39 is 10.0 Å². The minimum absolute atomic E-state index is 0.216. The highest BCUT2D eigenvalue weighted by Crippen LogP contribution is 2.13. The van der Waals surface area contributed by atoms with Gasteiger partial charge < -0.3 is 0 Å². The van der Waals surface area contributed by atoms with Crippen molar-refractivity contribution >= 4 is 16.1 Å². The lowest BCUT2D eigenvalue weighted by Gasteiger charge is -2.15. The minimum Gasteiger partial charge on any atom is -0.207 e. The lowest BCUT2D eigenvalue weighted by molar-refractivity contribution is 0.561. The molecule has 23 heavy (non-hydrogen) atoms. The molecule has 0 saturated carbocycles. The smallest absolute Gasteiger partial charge is 0.207 e. The van der Waals surface area contributed by atoms with Gasteiger partial charge in [0.05, 0.1) is 4.90 Å². The van der Waals surface area contributed by atoms with Crippen molar-refractivity contribution in [3.63, 3.8) is 0 Å².